The Hall–Kier alpha value is -1.78. The second-order valence-corrected chi connectivity index (χ2v) is 6.16. The maximum absolute atomic E-state index is 14.0. The Morgan fingerprint density at radius 2 is 1.92 bits per heavy atom. The van der Waals surface area contributed by atoms with Crippen molar-refractivity contribution in [2.45, 2.75) is 6.92 Å². The van der Waals surface area contributed by atoms with Gasteiger partial charge in [0.05, 0.1) is 30.2 Å². The molecule has 1 amide bonds. The van der Waals surface area contributed by atoms with Gasteiger partial charge in [-0.1, -0.05) is 0 Å². The highest BCUT2D eigenvalue weighted by molar-refractivity contribution is 14.1. The minimum absolute atomic E-state index is 0.121. The van der Waals surface area contributed by atoms with E-state index >= 15 is 0 Å². The summed E-state index contributed by atoms with van der Waals surface area (Å²) in [6, 6.07) is 8.10. The van der Waals surface area contributed by atoms with Gasteiger partial charge in [-0.15, -0.1) is 0 Å². The summed E-state index contributed by atoms with van der Waals surface area (Å²) in [5.74, 6) is -1.64. The van der Waals surface area contributed by atoms with Crippen molar-refractivity contribution >= 4 is 39.9 Å². The van der Waals surface area contributed by atoms with Crippen LogP contribution in [-0.4, -0.2) is 25.7 Å². The van der Waals surface area contributed by atoms with Crippen molar-refractivity contribution in [3.8, 4) is 0 Å². The molecular weight excluding hydrogens is 445 g/mol. The van der Waals surface area contributed by atoms with Crippen molar-refractivity contribution in [2.24, 2.45) is 0 Å². The number of hydrogen-bond acceptors (Lipinski definition) is 4. The monoisotopic (exact) mass is 462 g/mol. The molecule has 0 atom stereocenters. The smallest absolute Gasteiger partial charge is 0.276 e. The zero-order valence-electron chi connectivity index (χ0n) is 13.4. The third kappa shape index (κ3) is 5.91. The van der Waals surface area contributed by atoms with Crippen LogP contribution in [0.5, 0.6) is 0 Å². The fraction of sp³-hybridized carbons (Fsp3) is 0.235. The molecule has 0 aliphatic rings. The van der Waals surface area contributed by atoms with E-state index in [4.69, 9.17) is 9.57 Å². The van der Waals surface area contributed by atoms with E-state index in [1.54, 1.807) is 6.07 Å². The first kappa shape index (κ1) is 19.5. The molecule has 0 aliphatic heterocycles. The van der Waals surface area contributed by atoms with Crippen LogP contribution in [0, 0.1) is 15.2 Å². The molecule has 0 fully saturated rings. The molecule has 0 aliphatic carbocycles. The fourth-order valence-corrected chi connectivity index (χ4v) is 2.42. The van der Waals surface area contributed by atoms with Gasteiger partial charge in [-0.05, 0) is 65.9 Å². The van der Waals surface area contributed by atoms with Gasteiger partial charge in [-0.25, -0.2) is 14.3 Å². The molecule has 0 radical (unpaired) electrons. The molecule has 0 saturated carbocycles. The molecule has 2 aromatic carbocycles. The first-order valence-corrected chi connectivity index (χ1v) is 8.60. The number of hydrogen-bond donors (Lipinski definition) is 2. The summed E-state index contributed by atoms with van der Waals surface area (Å²) in [5, 5.41) is 2.74. The largest absolute Gasteiger partial charge is 0.379 e. The Morgan fingerprint density at radius 1 is 1.12 bits per heavy atom. The Balaban J connectivity index is 2.12. The van der Waals surface area contributed by atoms with Gasteiger partial charge >= 0.3 is 0 Å². The van der Waals surface area contributed by atoms with Crippen molar-refractivity contribution in [1.82, 2.24) is 5.48 Å². The average molecular weight is 462 g/mol. The molecule has 25 heavy (non-hydrogen) atoms. The van der Waals surface area contributed by atoms with Crippen molar-refractivity contribution in [3.05, 3.63) is 57.2 Å². The summed E-state index contributed by atoms with van der Waals surface area (Å²) in [6.07, 6.45) is 0. The molecule has 0 saturated heterocycles. The van der Waals surface area contributed by atoms with Crippen LogP contribution in [-0.2, 0) is 9.57 Å². The summed E-state index contributed by atoms with van der Waals surface area (Å²) in [6.45, 7) is 2.90. The van der Waals surface area contributed by atoms with Crippen LogP contribution < -0.4 is 10.8 Å². The summed E-state index contributed by atoms with van der Waals surface area (Å²) in [5.41, 5.74) is 2.64. The lowest BCUT2D eigenvalue weighted by atomic mass is 10.1. The molecule has 0 spiro atoms. The molecule has 0 aromatic heterocycles. The third-order valence-corrected chi connectivity index (χ3v) is 3.80. The molecule has 2 N–H and O–H groups in total. The van der Waals surface area contributed by atoms with Gasteiger partial charge in [-0.2, -0.15) is 0 Å². The second kappa shape index (κ2) is 9.64. The van der Waals surface area contributed by atoms with E-state index in [0.717, 1.165) is 15.7 Å². The van der Waals surface area contributed by atoms with E-state index in [1.165, 1.54) is 18.2 Å². The van der Waals surface area contributed by atoms with Gasteiger partial charge in [0.15, 0.2) is 0 Å². The Bertz CT molecular complexity index is 744. The van der Waals surface area contributed by atoms with Gasteiger partial charge in [0, 0.05) is 10.2 Å². The summed E-state index contributed by atoms with van der Waals surface area (Å²) < 4.78 is 33.3. The van der Waals surface area contributed by atoms with Crippen LogP contribution in [0.25, 0.3) is 0 Å². The lowest BCUT2D eigenvalue weighted by Crippen LogP contribution is -2.26. The van der Waals surface area contributed by atoms with Gasteiger partial charge in [0.1, 0.15) is 11.6 Å². The van der Waals surface area contributed by atoms with Crippen LogP contribution >= 0.6 is 22.6 Å². The van der Waals surface area contributed by atoms with E-state index in [0.29, 0.717) is 13.2 Å². The molecule has 0 unspecified atom stereocenters. The standard InChI is InChI=1S/C17H17F2IN2O3/c1-2-24-7-8-25-22-17(23)13-5-3-11(18)9-16(13)21-15-6-4-12(20)10-14(15)19/h3-6,9-10,21H,2,7-8H2,1H3,(H,22,23). The molecule has 134 valence electrons. The quantitative estimate of drug-likeness (QED) is 0.354. The van der Waals surface area contributed by atoms with E-state index < -0.39 is 17.5 Å². The fourth-order valence-electron chi connectivity index (χ4n) is 1.97. The molecule has 8 heteroatoms. The topological polar surface area (TPSA) is 59.6 Å². The Morgan fingerprint density at radius 3 is 2.64 bits per heavy atom. The zero-order chi connectivity index (χ0) is 18.2. The molecule has 0 heterocycles. The summed E-state index contributed by atoms with van der Waals surface area (Å²) >= 11 is 1.98. The number of ether oxygens (including phenoxy) is 1. The number of nitrogens with one attached hydrogen (secondary N) is 2. The maximum atomic E-state index is 14.0. The Labute approximate surface area is 157 Å². The zero-order valence-corrected chi connectivity index (χ0v) is 15.6. The van der Waals surface area contributed by atoms with Crippen LogP contribution in [0.2, 0.25) is 0 Å². The number of halogens is 3. The van der Waals surface area contributed by atoms with Crippen molar-refractivity contribution in [2.75, 3.05) is 25.1 Å². The molecule has 2 aromatic rings. The van der Waals surface area contributed by atoms with Crippen molar-refractivity contribution < 1.29 is 23.1 Å². The predicted molar refractivity (Wildman–Crippen MR) is 98.7 cm³/mol. The first-order valence-electron chi connectivity index (χ1n) is 7.52. The lowest BCUT2D eigenvalue weighted by molar-refractivity contribution is 0.00170. The lowest BCUT2D eigenvalue weighted by Gasteiger charge is -2.13. The number of amides is 1. The minimum atomic E-state index is -0.579. The SMILES string of the molecule is CCOCCONC(=O)c1ccc(F)cc1Nc1ccc(I)cc1F. The normalized spacial score (nSPS) is 10.6. The van der Waals surface area contributed by atoms with E-state index in [-0.39, 0.29) is 23.5 Å². The third-order valence-electron chi connectivity index (χ3n) is 3.13. The Kier molecular flexibility index (Phi) is 7.53. The van der Waals surface area contributed by atoms with E-state index in [1.807, 2.05) is 29.5 Å². The summed E-state index contributed by atoms with van der Waals surface area (Å²) in [7, 11) is 0. The van der Waals surface area contributed by atoms with Crippen molar-refractivity contribution in [1.29, 1.82) is 0 Å². The van der Waals surface area contributed by atoms with Crippen LogP contribution in [0.15, 0.2) is 36.4 Å². The molecule has 0 bridgehead atoms. The highest BCUT2D eigenvalue weighted by Gasteiger charge is 2.14. The van der Waals surface area contributed by atoms with E-state index in [9.17, 15) is 13.6 Å². The summed E-state index contributed by atoms with van der Waals surface area (Å²) in [4.78, 5) is 17.2. The number of hydroxylamine groups is 1. The second-order valence-electron chi connectivity index (χ2n) is 4.92. The maximum Gasteiger partial charge on any atom is 0.276 e. The highest BCUT2D eigenvalue weighted by atomic mass is 127. The van der Waals surface area contributed by atoms with Crippen molar-refractivity contribution in [3.63, 3.8) is 0 Å². The van der Waals surface area contributed by atoms with Gasteiger partial charge < -0.3 is 10.1 Å². The predicted octanol–water partition coefficient (Wildman–Crippen LogP) is 4.01. The van der Waals surface area contributed by atoms with Crippen LogP contribution in [0.1, 0.15) is 17.3 Å². The van der Waals surface area contributed by atoms with Crippen LogP contribution in [0.3, 0.4) is 0 Å². The van der Waals surface area contributed by atoms with Crippen LogP contribution in [0.4, 0.5) is 20.2 Å². The minimum Gasteiger partial charge on any atom is -0.379 e. The molecule has 2 rings (SSSR count). The van der Waals surface area contributed by atoms with Gasteiger partial charge in [-0.3, -0.25) is 9.63 Å². The number of anilines is 2. The van der Waals surface area contributed by atoms with E-state index in [2.05, 4.69) is 10.8 Å². The van der Waals surface area contributed by atoms with Gasteiger partial charge in [0.25, 0.3) is 5.91 Å². The highest BCUT2D eigenvalue weighted by Crippen LogP contribution is 2.25. The number of carbonyl (C=O) groups excluding carboxylic acids is 1. The number of benzene rings is 2. The number of rotatable bonds is 8. The molecule has 5 nitrogen and oxygen atoms in total. The van der Waals surface area contributed by atoms with Gasteiger partial charge in [0.2, 0.25) is 0 Å². The number of carbonyl (C=O) groups is 1. The average Bonchev–Trinajstić information content (AvgIpc) is 2.57. The molecular formula is C17H17F2IN2O3. The first-order chi connectivity index (χ1) is 12.0.